The maximum Gasteiger partial charge on any atom is 0.338 e. The SMILES string of the molecule is N#Cc1cccc(C(=O)OCc2cc(-c3ccco3)on2)c1. The van der Waals surface area contributed by atoms with Gasteiger partial charge >= 0.3 is 5.97 Å². The monoisotopic (exact) mass is 294 g/mol. The van der Waals surface area contributed by atoms with Gasteiger partial charge in [0.2, 0.25) is 5.76 Å². The van der Waals surface area contributed by atoms with E-state index >= 15 is 0 Å². The van der Waals surface area contributed by atoms with E-state index in [0.29, 0.717) is 28.3 Å². The summed E-state index contributed by atoms with van der Waals surface area (Å²) in [6.07, 6.45) is 1.53. The number of hydrogen-bond donors (Lipinski definition) is 0. The fourth-order valence-electron chi connectivity index (χ4n) is 1.85. The van der Waals surface area contributed by atoms with E-state index in [1.165, 1.54) is 12.3 Å². The van der Waals surface area contributed by atoms with Gasteiger partial charge in [-0.15, -0.1) is 0 Å². The molecule has 0 aliphatic heterocycles. The zero-order chi connectivity index (χ0) is 15.4. The number of rotatable bonds is 4. The molecule has 6 nitrogen and oxygen atoms in total. The lowest BCUT2D eigenvalue weighted by Crippen LogP contribution is -2.05. The third-order valence-electron chi connectivity index (χ3n) is 2.90. The molecule has 0 amide bonds. The number of carbonyl (C=O) groups is 1. The van der Waals surface area contributed by atoms with Crippen molar-refractivity contribution in [2.24, 2.45) is 0 Å². The van der Waals surface area contributed by atoms with Gasteiger partial charge in [0.1, 0.15) is 12.3 Å². The van der Waals surface area contributed by atoms with E-state index in [9.17, 15) is 4.79 Å². The van der Waals surface area contributed by atoms with Crippen LogP contribution in [0, 0.1) is 11.3 Å². The van der Waals surface area contributed by atoms with Crippen molar-refractivity contribution in [3.63, 3.8) is 0 Å². The van der Waals surface area contributed by atoms with Crippen molar-refractivity contribution in [1.29, 1.82) is 5.26 Å². The first kappa shape index (κ1) is 13.6. The van der Waals surface area contributed by atoms with Crippen LogP contribution in [0.25, 0.3) is 11.5 Å². The molecule has 0 saturated heterocycles. The van der Waals surface area contributed by atoms with Crippen LogP contribution < -0.4 is 0 Å². The van der Waals surface area contributed by atoms with Gasteiger partial charge in [0.25, 0.3) is 0 Å². The molecule has 0 aliphatic carbocycles. The molecular weight excluding hydrogens is 284 g/mol. The molecule has 0 aliphatic rings. The van der Waals surface area contributed by atoms with E-state index < -0.39 is 5.97 Å². The summed E-state index contributed by atoms with van der Waals surface area (Å²) in [5.74, 6) is 0.481. The van der Waals surface area contributed by atoms with Crippen LogP contribution in [-0.4, -0.2) is 11.1 Å². The highest BCUT2D eigenvalue weighted by Gasteiger charge is 2.12. The molecule has 3 aromatic rings. The Labute approximate surface area is 125 Å². The van der Waals surface area contributed by atoms with Crippen LogP contribution in [-0.2, 0) is 11.3 Å². The molecule has 2 heterocycles. The van der Waals surface area contributed by atoms with E-state index in [4.69, 9.17) is 18.9 Å². The van der Waals surface area contributed by atoms with E-state index in [1.807, 2.05) is 6.07 Å². The van der Waals surface area contributed by atoms with Gasteiger partial charge in [0, 0.05) is 6.07 Å². The maximum absolute atomic E-state index is 11.9. The van der Waals surface area contributed by atoms with Crippen molar-refractivity contribution in [2.45, 2.75) is 6.61 Å². The Morgan fingerprint density at radius 1 is 1.23 bits per heavy atom. The second-order valence-electron chi connectivity index (χ2n) is 4.43. The molecule has 0 fully saturated rings. The number of nitrogens with zero attached hydrogens (tertiary/aromatic N) is 2. The Morgan fingerprint density at radius 3 is 2.91 bits per heavy atom. The summed E-state index contributed by atoms with van der Waals surface area (Å²) < 4.78 is 15.4. The normalized spacial score (nSPS) is 10.1. The minimum absolute atomic E-state index is 0.0280. The fourth-order valence-corrected chi connectivity index (χ4v) is 1.85. The van der Waals surface area contributed by atoms with Gasteiger partial charge in [0.05, 0.1) is 23.5 Å². The summed E-state index contributed by atoms with van der Waals surface area (Å²) in [6, 6.07) is 13.4. The molecule has 0 unspecified atom stereocenters. The summed E-state index contributed by atoms with van der Waals surface area (Å²) in [5.41, 5.74) is 1.18. The van der Waals surface area contributed by atoms with Crippen molar-refractivity contribution in [1.82, 2.24) is 5.16 Å². The second-order valence-corrected chi connectivity index (χ2v) is 4.43. The highest BCUT2D eigenvalue weighted by molar-refractivity contribution is 5.89. The van der Waals surface area contributed by atoms with Crippen molar-refractivity contribution in [2.75, 3.05) is 0 Å². The Hall–Kier alpha value is -3.33. The molecule has 0 N–H and O–H groups in total. The van der Waals surface area contributed by atoms with Crippen molar-refractivity contribution >= 4 is 5.97 Å². The first-order valence-electron chi connectivity index (χ1n) is 6.43. The molecule has 0 bridgehead atoms. The number of hydrogen-bond acceptors (Lipinski definition) is 6. The minimum atomic E-state index is -0.528. The summed E-state index contributed by atoms with van der Waals surface area (Å²) in [5, 5.41) is 12.6. The predicted molar refractivity (Wildman–Crippen MR) is 74.5 cm³/mol. The van der Waals surface area contributed by atoms with Crippen LogP contribution in [0.5, 0.6) is 0 Å². The Morgan fingerprint density at radius 2 is 2.14 bits per heavy atom. The van der Waals surface area contributed by atoms with E-state index in [2.05, 4.69) is 5.16 Å². The van der Waals surface area contributed by atoms with Gasteiger partial charge < -0.3 is 13.7 Å². The average molecular weight is 294 g/mol. The third kappa shape index (κ3) is 2.88. The van der Waals surface area contributed by atoms with Crippen LogP contribution in [0.2, 0.25) is 0 Å². The molecule has 0 atom stereocenters. The summed E-state index contributed by atoms with van der Waals surface area (Å²) >= 11 is 0. The Balaban J connectivity index is 1.65. The topological polar surface area (TPSA) is 89.3 Å². The number of furan rings is 1. The summed E-state index contributed by atoms with van der Waals surface area (Å²) in [6.45, 7) is -0.0280. The van der Waals surface area contributed by atoms with Crippen molar-refractivity contribution in [3.8, 4) is 17.6 Å². The lowest BCUT2D eigenvalue weighted by atomic mass is 10.1. The van der Waals surface area contributed by atoms with Crippen LogP contribution in [0.3, 0.4) is 0 Å². The highest BCUT2D eigenvalue weighted by Crippen LogP contribution is 2.21. The lowest BCUT2D eigenvalue weighted by Gasteiger charge is -2.02. The minimum Gasteiger partial charge on any atom is -0.461 e. The molecule has 108 valence electrons. The molecule has 0 spiro atoms. The molecule has 22 heavy (non-hydrogen) atoms. The quantitative estimate of drug-likeness (QED) is 0.686. The first-order chi connectivity index (χ1) is 10.8. The van der Waals surface area contributed by atoms with Crippen molar-refractivity contribution in [3.05, 3.63) is 65.5 Å². The number of nitriles is 1. The van der Waals surface area contributed by atoms with E-state index in [1.54, 1.807) is 36.4 Å². The van der Waals surface area contributed by atoms with Gasteiger partial charge in [0.15, 0.2) is 5.76 Å². The largest absolute Gasteiger partial charge is 0.461 e. The highest BCUT2D eigenvalue weighted by atomic mass is 16.5. The van der Waals surface area contributed by atoms with Gasteiger partial charge in [-0.3, -0.25) is 0 Å². The van der Waals surface area contributed by atoms with Crippen molar-refractivity contribution < 1.29 is 18.5 Å². The zero-order valence-electron chi connectivity index (χ0n) is 11.4. The second kappa shape index (κ2) is 5.97. The average Bonchev–Trinajstić information content (AvgIpc) is 3.23. The smallest absolute Gasteiger partial charge is 0.338 e. The molecule has 6 heteroatoms. The summed E-state index contributed by atoms with van der Waals surface area (Å²) in [4.78, 5) is 11.9. The maximum atomic E-state index is 11.9. The summed E-state index contributed by atoms with van der Waals surface area (Å²) in [7, 11) is 0. The number of carbonyl (C=O) groups excluding carboxylic acids is 1. The van der Waals surface area contributed by atoms with Crippen LogP contribution >= 0.6 is 0 Å². The number of benzene rings is 1. The van der Waals surface area contributed by atoms with Gasteiger partial charge in [-0.2, -0.15) is 5.26 Å². The standard InChI is InChI=1S/C16H10N2O4/c17-9-11-3-1-4-12(7-11)16(19)21-10-13-8-15(22-18-13)14-5-2-6-20-14/h1-8H,10H2. The van der Waals surface area contributed by atoms with Gasteiger partial charge in [-0.05, 0) is 30.3 Å². The van der Waals surface area contributed by atoms with Crippen LogP contribution in [0.15, 0.2) is 57.7 Å². The third-order valence-corrected chi connectivity index (χ3v) is 2.90. The van der Waals surface area contributed by atoms with Gasteiger partial charge in [-0.25, -0.2) is 4.79 Å². The molecule has 3 rings (SSSR count). The van der Waals surface area contributed by atoms with Crippen LogP contribution in [0.1, 0.15) is 21.6 Å². The van der Waals surface area contributed by atoms with Gasteiger partial charge in [-0.1, -0.05) is 11.2 Å². The number of aromatic nitrogens is 1. The fraction of sp³-hybridized carbons (Fsp3) is 0.0625. The molecule has 0 radical (unpaired) electrons. The van der Waals surface area contributed by atoms with E-state index in [0.717, 1.165) is 0 Å². The predicted octanol–water partition coefficient (Wildman–Crippen LogP) is 3.16. The Kier molecular flexibility index (Phi) is 3.70. The first-order valence-corrected chi connectivity index (χ1v) is 6.43. The number of esters is 1. The lowest BCUT2D eigenvalue weighted by molar-refractivity contribution is 0.0464. The molecule has 0 saturated carbocycles. The zero-order valence-corrected chi connectivity index (χ0v) is 11.4. The van der Waals surface area contributed by atoms with E-state index in [-0.39, 0.29) is 6.61 Å². The molecule has 2 aromatic heterocycles. The van der Waals surface area contributed by atoms with Crippen LogP contribution in [0.4, 0.5) is 0 Å². The molecular formula is C16H10N2O4. The Bertz CT molecular complexity index is 828. The molecule has 1 aromatic carbocycles. The number of ether oxygens (including phenoxy) is 1.